The molecule has 0 radical (unpaired) electrons. The summed E-state index contributed by atoms with van der Waals surface area (Å²) in [6.45, 7) is 11.0. The molecule has 3 rings (SSSR count). The summed E-state index contributed by atoms with van der Waals surface area (Å²) in [5.41, 5.74) is 2.82. The zero-order valence-electron chi connectivity index (χ0n) is 17.7. The van der Waals surface area contributed by atoms with Crippen molar-refractivity contribution in [2.24, 2.45) is 0 Å². The predicted octanol–water partition coefficient (Wildman–Crippen LogP) is 3.97. The van der Waals surface area contributed by atoms with Crippen LogP contribution in [0.1, 0.15) is 47.2 Å². The molecule has 0 unspecified atom stereocenters. The Labute approximate surface area is 177 Å². The fraction of sp³-hybridized carbons (Fsp3) is 0.304. The molecule has 30 heavy (non-hydrogen) atoms. The first-order valence-corrected chi connectivity index (χ1v) is 9.93. The number of aromatic nitrogens is 4. The minimum absolute atomic E-state index is 0.0760. The molecule has 0 aliphatic carbocycles. The number of aryl methyl sites for hydroxylation is 1. The number of hydrogen-bond acceptors (Lipinski definition) is 5. The second-order valence-electron chi connectivity index (χ2n) is 7.41. The average Bonchev–Trinajstić information content (AvgIpc) is 3.22. The van der Waals surface area contributed by atoms with E-state index in [1.807, 2.05) is 57.2 Å². The lowest BCUT2D eigenvalue weighted by atomic mass is 10.1. The van der Waals surface area contributed by atoms with Gasteiger partial charge in [0, 0.05) is 18.7 Å². The maximum absolute atomic E-state index is 13.1. The molecular weight excluding hydrogens is 378 g/mol. The van der Waals surface area contributed by atoms with Gasteiger partial charge in [-0.1, -0.05) is 42.0 Å². The van der Waals surface area contributed by atoms with Crippen LogP contribution in [0.25, 0.3) is 0 Å². The van der Waals surface area contributed by atoms with Gasteiger partial charge < -0.3 is 9.64 Å². The van der Waals surface area contributed by atoms with E-state index in [9.17, 15) is 4.79 Å². The number of amides is 1. The lowest BCUT2D eigenvalue weighted by Gasteiger charge is -2.22. The molecule has 1 aromatic heterocycles. The molecule has 0 N–H and O–H groups in total. The summed E-state index contributed by atoms with van der Waals surface area (Å²) in [4.78, 5) is 14.9. The molecule has 2 aromatic carbocycles. The van der Waals surface area contributed by atoms with Crippen LogP contribution >= 0.6 is 0 Å². The first kappa shape index (κ1) is 21.2. The molecule has 156 valence electrons. The third kappa shape index (κ3) is 5.31. The summed E-state index contributed by atoms with van der Waals surface area (Å²) < 4.78 is 7.56. The van der Waals surface area contributed by atoms with Gasteiger partial charge in [0.15, 0.2) is 5.82 Å². The van der Waals surface area contributed by atoms with Crippen LogP contribution in [0.2, 0.25) is 0 Å². The Morgan fingerprint density at radius 1 is 1.23 bits per heavy atom. The molecule has 1 amide bonds. The Bertz CT molecular complexity index is 995. The van der Waals surface area contributed by atoms with Crippen molar-refractivity contribution in [1.29, 1.82) is 0 Å². The molecule has 0 aliphatic heterocycles. The number of hydrogen-bond donors (Lipinski definition) is 0. The quantitative estimate of drug-likeness (QED) is 0.504. The molecule has 0 saturated heterocycles. The Morgan fingerprint density at radius 3 is 2.70 bits per heavy atom. The van der Waals surface area contributed by atoms with Gasteiger partial charge in [-0.2, -0.15) is 0 Å². The van der Waals surface area contributed by atoms with Gasteiger partial charge in [0.05, 0.1) is 6.04 Å². The molecular formula is C23H27N5O2. The minimum atomic E-state index is -0.0760. The summed E-state index contributed by atoms with van der Waals surface area (Å²) in [6.07, 6.45) is 1.73. The molecule has 7 nitrogen and oxygen atoms in total. The summed E-state index contributed by atoms with van der Waals surface area (Å²) in [7, 11) is 0. The van der Waals surface area contributed by atoms with E-state index in [1.165, 1.54) is 5.56 Å². The van der Waals surface area contributed by atoms with E-state index in [-0.39, 0.29) is 18.6 Å². The zero-order valence-corrected chi connectivity index (χ0v) is 17.7. The van der Waals surface area contributed by atoms with Crippen molar-refractivity contribution in [3.63, 3.8) is 0 Å². The number of benzene rings is 2. The van der Waals surface area contributed by atoms with E-state index in [2.05, 4.69) is 22.1 Å². The van der Waals surface area contributed by atoms with E-state index >= 15 is 0 Å². The molecule has 0 spiro atoms. The molecule has 0 saturated carbocycles. The van der Waals surface area contributed by atoms with Crippen LogP contribution in [-0.2, 0) is 13.2 Å². The first-order valence-electron chi connectivity index (χ1n) is 9.93. The summed E-state index contributed by atoms with van der Waals surface area (Å²) in [6, 6.07) is 15.5. The van der Waals surface area contributed by atoms with Crippen molar-refractivity contribution in [3.8, 4) is 5.75 Å². The monoisotopic (exact) mass is 405 g/mol. The highest BCUT2D eigenvalue weighted by molar-refractivity contribution is 5.94. The molecule has 3 aromatic rings. The molecule has 0 bridgehead atoms. The van der Waals surface area contributed by atoms with Crippen molar-refractivity contribution in [3.05, 3.63) is 83.7 Å². The predicted molar refractivity (Wildman–Crippen MR) is 115 cm³/mol. The largest absolute Gasteiger partial charge is 0.486 e. The summed E-state index contributed by atoms with van der Waals surface area (Å²) in [5, 5.41) is 11.7. The average molecular weight is 406 g/mol. The highest BCUT2D eigenvalue weighted by atomic mass is 16.5. The fourth-order valence-electron chi connectivity index (χ4n) is 3.05. The van der Waals surface area contributed by atoms with Crippen LogP contribution in [-0.4, -0.2) is 37.6 Å². The van der Waals surface area contributed by atoms with Crippen LogP contribution in [0.4, 0.5) is 0 Å². The zero-order chi connectivity index (χ0) is 21.5. The van der Waals surface area contributed by atoms with Crippen LogP contribution in [0, 0.1) is 6.92 Å². The molecule has 0 atom stereocenters. The Kier molecular flexibility index (Phi) is 6.95. The third-order valence-corrected chi connectivity index (χ3v) is 4.63. The topological polar surface area (TPSA) is 73.1 Å². The number of carbonyl (C=O) groups is 1. The first-order chi connectivity index (χ1) is 14.5. The Balaban J connectivity index is 1.72. The lowest BCUT2D eigenvalue weighted by molar-refractivity contribution is 0.0762. The number of tetrazole rings is 1. The van der Waals surface area contributed by atoms with Gasteiger partial charge in [-0.05, 0) is 55.0 Å². The normalized spacial score (nSPS) is 10.8. The van der Waals surface area contributed by atoms with Crippen LogP contribution in [0.5, 0.6) is 5.75 Å². The second kappa shape index (κ2) is 9.82. The van der Waals surface area contributed by atoms with Gasteiger partial charge in [-0.3, -0.25) is 4.79 Å². The Hall–Kier alpha value is -3.48. The maximum atomic E-state index is 13.1. The van der Waals surface area contributed by atoms with Gasteiger partial charge in [-0.25, -0.2) is 4.68 Å². The lowest BCUT2D eigenvalue weighted by Crippen LogP contribution is -2.30. The second-order valence-corrected chi connectivity index (χ2v) is 7.41. The van der Waals surface area contributed by atoms with Gasteiger partial charge >= 0.3 is 0 Å². The van der Waals surface area contributed by atoms with Gasteiger partial charge in [0.2, 0.25) is 0 Å². The molecule has 1 heterocycles. The van der Waals surface area contributed by atoms with E-state index in [0.29, 0.717) is 30.2 Å². The highest BCUT2D eigenvalue weighted by Gasteiger charge is 2.16. The number of nitrogens with zero attached hydrogens (tertiary/aromatic N) is 5. The SMILES string of the molecule is C=CCN(Cc1ccc(C)cc1)C(=O)c1cccc(OCc2nnnn2C(C)C)c1. The van der Waals surface area contributed by atoms with Crippen molar-refractivity contribution in [2.75, 3.05) is 6.54 Å². The van der Waals surface area contributed by atoms with Crippen LogP contribution in [0.3, 0.4) is 0 Å². The van der Waals surface area contributed by atoms with Crippen molar-refractivity contribution >= 4 is 5.91 Å². The highest BCUT2D eigenvalue weighted by Crippen LogP contribution is 2.18. The maximum Gasteiger partial charge on any atom is 0.254 e. The number of carbonyl (C=O) groups excluding carboxylic acids is 1. The van der Waals surface area contributed by atoms with Gasteiger partial charge in [0.1, 0.15) is 12.4 Å². The number of rotatable bonds is 9. The van der Waals surface area contributed by atoms with Gasteiger partial charge in [-0.15, -0.1) is 11.7 Å². The third-order valence-electron chi connectivity index (χ3n) is 4.63. The summed E-state index contributed by atoms with van der Waals surface area (Å²) >= 11 is 0. The van der Waals surface area contributed by atoms with Crippen LogP contribution in [0.15, 0.2) is 61.2 Å². The van der Waals surface area contributed by atoms with Crippen molar-refractivity contribution in [1.82, 2.24) is 25.1 Å². The van der Waals surface area contributed by atoms with Crippen LogP contribution < -0.4 is 4.74 Å². The van der Waals surface area contributed by atoms with Crippen molar-refractivity contribution in [2.45, 2.75) is 40.0 Å². The molecule has 0 fully saturated rings. The standard InChI is InChI=1S/C23H27N5O2/c1-5-13-27(15-19-11-9-18(4)10-12-19)23(29)20-7-6-8-21(14-20)30-16-22-24-25-26-28(22)17(2)3/h5-12,14,17H,1,13,15-16H2,2-4H3. The van der Waals surface area contributed by atoms with Crippen molar-refractivity contribution < 1.29 is 9.53 Å². The van der Waals surface area contributed by atoms with E-state index in [0.717, 1.165) is 5.56 Å². The van der Waals surface area contributed by atoms with E-state index in [1.54, 1.807) is 27.8 Å². The minimum Gasteiger partial charge on any atom is -0.486 e. The summed E-state index contributed by atoms with van der Waals surface area (Å²) in [5.74, 6) is 1.15. The van der Waals surface area contributed by atoms with E-state index < -0.39 is 0 Å². The number of ether oxygens (including phenoxy) is 1. The fourth-order valence-corrected chi connectivity index (χ4v) is 3.05. The van der Waals surface area contributed by atoms with E-state index in [4.69, 9.17) is 4.74 Å². The smallest absolute Gasteiger partial charge is 0.254 e. The molecule has 0 aliphatic rings. The molecule has 7 heteroatoms. The van der Waals surface area contributed by atoms with Gasteiger partial charge in [0.25, 0.3) is 5.91 Å². The Morgan fingerprint density at radius 2 is 2.00 bits per heavy atom.